The molecule has 0 aliphatic rings. The van der Waals surface area contributed by atoms with E-state index in [1.54, 1.807) is 14.2 Å². The van der Waals surface area contributed by atoms with Gasteiger partial charge < -0.3 is 14.8 Å². The van der Waals surface area contributed by atoms with Crippen LogP contribution in [0.4, 0.5) is 5.82 Å². The fourth-order valence-corrected chi connectivity index (χ4v) is 3.26. The molecule has 1 N–H and O–H groups in total. The summed E-state index contributed by atoms with van der Waals surface area (Å²) in [7, 11) is 3.30. The maximum atomic E-state index is 6.02. The summed E-state index contributed by atoms with van der Waals surface area (Å²) < 4.78 is 10.8. The summed E-state index contributed by atoms with van der Waals surface area (Å²) >= 11 is 6.02. The summed E-state index contributed by atoms with van der Waals surface area (Å²) in [6.45, 7) is 0.529. The number of para-hydroxylation sites is 1. The van der Waals surface area contributed by atoms with Gasteiger partial charge in [0.05, 0.1) is 19.7 Å². The number of ether oxygens (including phenoxy) is 2. The van der Waals surface area contributed by atoms with Crippen molar-refractivity contribution in [2.75, 3.05) is 19.5 Å². The molecule has 0 bridgehead atoms. The highest BCUT2D eigenvalue weighted by atomic mass is 35.5. The van der Waals surface area contributed by atoms with Gasteiger partial charge >= 0.3 is 0 Å². The molecule has 3 aromatic carbocycles. The Labute approximate surface area is 174 Å². The van der Waals surface area contributed by atoms with Crippen molar-refractivity contribution in [2.24, 2.45) is 0 Å². The van der Waals surface area contributed by atoms with E-state index >= 15 is 0 Å². The topological polar surface area (TPSA) is 56.3 Å². The second-order valence-electron chi connectivity index (χ2n) is 6.45. The normalized spacial score (nSPS) is 10.7. The molecule has 146 valence electrons. The molecule has 0 fully saturated rings. The molecule has 0 unspecified atom stereocenters. The van der Waals surface area contributed by atoms with Gasteiger partial charge in [0, 0.05) is 28.1 Å². The molecule has 0 spiro atoms. The number of rotatable bonds is 6. The van der Waals surface area contributed by atoms with E-state index in [0.717, 1.165) is 39.3 Å². The molecule has 0 aliphatic heterocycles. The van der Waals surface area contributed by atoms with Gasteiger partial charge in [-0.1, -0.05) is 23.7 Å². The standard InChI is InChI=1S/C23H20ClN3O2/c1-28-18-11-12-21(29-2)16(13-18)14-25-23-19-5-3-4-6-20(19)26-22(27-23)15-7-9-17(24)10-8-15/h3-13H,14H2,1-2H3,(H,25,26,27). The van der Waals surface area contributed by atoms with Gasteiger partial charge in [-0.25, -0.2) is 9.97 Å². The average Bonchev–Trinajstić information content (AvgIpc) is 2.77. The van der Waals surface area contributed by atoms with Gasteiger partial charge in [-0.2, -0.15) is 0 Å². The predicted octanol–water partition coefficient (Wildman–Crippen LogP) is 5.58. The Morgan fingerprint density at radius 2 is 1.69 bits per heavy atom. The van der Waals surface area contributed by atoms with Crippen molar-refractivity contribution in [3.63, 3.8) is 0 Å². The number of fused-ring (bicyclic) bond motifs is 1. The molecule has 1 aromatic heterocycles. The molecule has 0 radical (unpaired) electrons. The summed E-state index contributed by atoms with van der Waals surface area (Å²) in [6, 6.07) is 21.2. The van der Waals surface area contributed by atoms with Crippen LogP contribution in [0.25, 0.3) is 22.3 Å². The largest absolute Gasteiger partial charge is 0.497 e. The minimum absolute atomic E-state index is 0.529. The number of nitrogens with one attached hydrogen (secondary N) is 1. The zero-order chi connectivity index (χ0) is 20.2. The summed E-state index contributed by atoms with van der Waals surface area (Å²) in [5.74, 6) is 2.96. The van der Waals surface area contributed by atoms with E-state index in [-0.39, 0.29) is 0 Å². The van der Waals surface area contributed by atoms with Crippen LogP contribution in [0.3, 0.4) is 0 Å². The SMILES string of the molecule is COc1ccc(OC)c(CNc2nc(-c3ccc(Cl)cc3)nc3ccccc23)c1. The lowest BCUT2D eigenvalue weighted by molar-refractivity contribution is 0.399. The fraction of sp³-hybridized carbons (Fsp3) is 0.130. The van der Waals surface area contributed by atoms with E-state index in [2.05, 4.69) is 5.32 Å². The Kier molecular flexibility index (Phi) is 5.49. The van der Waals surface area contributed by atoms with E-state index in [1.165, 1.54) is 0 Å². The highest BCUT2D eigenvalue weighted by Crippen LogP contribution is 2.28. The molecular weight excluding hydrogens is 386 g/mol. The first-order valence-electron chi connectivity index (χ1n) is 9.15. The van der Waals surface area contributed by atoms with E-state index < -0.39 is 0 Å². The van der Waals surface area contributed by atoms with Crippen LogP contribution in [0.5, 0.6) is 11.5 Å². The number of hydrogen-bond donors (Lipinski definition) is 1. The van der Waals surface area contributed by atoms with Gasteiger partial charge in [0.15, 0.2) is 5.82 Å². The molecule has 0 saturated heterocycles. The van der Waals surface area contributed by atoms with Gasteiger partial charge in [0.2, 0.25) is 0 Å². The third kappa shape index (κ3) is 4.10. The Bertz CT molecular complexity index is 1150. The van der Waals surface area contributed by atoms with Crippen LogP contribution >= 0.6 is 11.6 Å². The van der Waals surface area contributed by atoms with Crippen molar-refractivity contribution in [3.05, 3.63) is 77.3 Å². The van der Waals surface area contributed by atoms with Crippen molar-refractivity contribution in [1.29, 1.82) is 0 Å². The second kappa shape index (κ2) is 8.37. The number of methoxy groups -OCH3 is 2. The number of nitrogens with zero attached hydrogens (tertiary/aromatic N) is 2. The molecule has 29 heavy (non-hydrogen) atoms. The predicted molar refractivity (Wildman–Crippen MR) is 117 cm³/mol. The van der Waals surface area contributed by atoms with Gasteiger partial charge in [0.1, 0.15) is 17.3 Å². The Hall–Kier alpha value is -3.31. The Balaban J connectivity index is 1.72. The molecular formula is C23H20ClN3O2. The number of benzene rings is 3. The lowest BCUT2D eigenvalue weighted by atomic mass is 10.1. The minimum Gasteiger partial charge on any atom is -0.497 e. The maximum absolute atomic E-state index is 6.02. The number of anilines is 1. The van der Waals surface area contributed by atoms with Gasteiger partial charge in [0.25, 0.3) is 0 Å². The van der Waals surface area contributed by atoms with E-state index in [4.69, 9.17) is 31.0 Å². The van der Waals surface area contributed by atoms with Crippen LogP contribution in [-0.4, -0.2) is 24.2 Å². The van der Waals surface area contributed by atoms with Crippen LogP contribution in [-0.2, 0) is 6.54 Å². The quantitative estimate of drug-likeness (QED) is 0.453. The van der Waals surface area contributed by atoms with Crippen LogP contribution in [0.2, 0.25) is 5.02 Å². The molecule has 0 amide bonds. The third-order valence-corrected chi connectivity index (χ3v) is 4.89. The molecule has 0 aliphatic carbocycles. The van der Waals surface area contributed by atoms with Crippen molar-refractivity contribution in [3.8, 4) is 22.9 Å². The molecule has 4 rings (SSSR count). The lowest BCUT2D eigenvalue weighted by Gasteiger charge is -2.14. The molecule has 4 aromatic rings. The van der Waals surface area contributed by atoms with Crippen molar-refractivity contribution in [1.82, 2.24) is 9.97 Å². The zero-order valence-electron chi connectivity index (χ0n) is 16.1. The van der Waals surface area contributed by atoms with E-state index in [1.807, 2.05) is 66.7 Å². The molecule has 0 saturated carbocycles. The van der Waals surface area contributed by atoms with Crippen LogP contribution in [0.1, 0.15) is 5.56 Å². The molecule has 1 heterocycles. The smallest absolute Gasteiger partial charge is 0.162 e. The van der Waals surface area contributed by atoms with Crippen LogP contribution in [0.15, 0.2) is 66.7 Å². The van der Waals surface area contributed by atoms with Crippen LogP contribution in [0, 0.1) is 0 Å². The highest BCUT2D eigenvalue weighted by Gasteiger charge is 2.11. The van der Waals surface area contributed by atoms with Gasteiger partial charge in [-0.05, 0) is 54.6 Å². The summed E-state index contributed by atoms with van der Waals surface area (Å²) in [4.78, 5) is 9.49. The average molecular weight is 406 g/mol. The van der Waals surface area contributed by atoms with Crippen LogP contribution < -0.4 is 14.8 Å². The maximum Gasteiger partial charge on any atom is 0.162 e. The van der Waals surface area contributed by atoms with Gasteiger partial charge in [-0.3, -0.25) is 0 Å². The van der Waals surface area contributed by atoms with E-state index in [9.17, 15) is 0 Å². The third-order valence-electron chi connectivity index (χ3n) is 4.64. The second-order valence-corrected chi connectivity index (χ2v) is 6.89. The zero-order valence-corrected chi connectivity index (χ0v) is 16.9. The monoisotopic (exact) mass is 405 g/mol. The number of aromatic nitrogens is 2. The first-order chi connectivity index (χ1) is 14.2. The van der Waals surface area contributed by atoms with E-state index in [0.29, 0.717) is 17.4 Å². The first-order valence-corrected chi connectivity index (χ1v) is 9.53. The first kappa shape index (κ1) is 19.0. The lowest BCUT2D eigenvalue weighted by Crippen LogP contribution is -2.06. The fourth-order valence-electron chi connectivity index (χ4n) is 3.14. The van der Waals surface area contributed by atoms with Crippen molar-refractivity contribution in [2.45, 2.75) is 6.54 Å². The highest BCUT2D eigenvalue weighted by molar-refractivity contribution is 6.30. The number of halogens is 1. The summed E-state index contributed by atoms with van der Waals surface area (Å²) in [6.07, 6.45) is 0. The minimum atomic E-state index is 0.529. The molecule has 0 atom stereocenters. The molecule has 6 heteroatoms. The summed E-state index contributed by atoms with van der Waals surface area (Å²) in [5, 5.41) is 5.07. The number of hydrogen-bond acceptors (Lipinski definition) is 5. The van der Waals surface area contributed by atoms with Crippen molar-refractivity contribution >= 4 is 28.3 Å². The van der Waals surface area contributed by atoms with Crippen molar-refractivity contribution < 1.29 is 9.47 Å². The van der Waals surface area contributed by atoms with Gasteiger partial charge in [-0.15, -0.1) is 0 Å². The Morgan fingerprint density at radius 3 is 2.45 bits per heavy atom. The summed E-state index contributed by atoms with van der Waals surface area (Å²) in [5.41, 5.74) is 2.75. The molecule has 5 nitrogen and oxygen atoms in total. The Morgan fingerprint density at radius 1 is 0.897 bits per heavy atom.